The summed E-state index contributed by atoms with van der Waals surface area (Å²) in [6.07, 6.45) is 0. The number of amides is 1. The minimum Gasteiger partial charge on any atom is -0.321 e. The molecule has 2 aromatic rings. The molecule has 0 aliphatic carbocycles. The number of carbonyl (C=O) groups is 1. The van der Waals surface area contributed by atoms with Crippen molar-refractivity contribution < 1.29 is 4.79 Å². The topological polar surface area (TPSA) is 74.8 Å². The van der Waals surface area contributed by atoms with Crippen LogP contribution in [0, 0.1) is 13.8 Å². The smallest absolute Gasteiger partial charge is 0.264 e. The van der Waals surface area contributed by atoms with E-state index in [2.05, 4.69) is 15.3 Å². The van der Waals surface area contributed by atoms with Crippen molar-refractivity contribution in [2.24, 2.45) is 0 Å². The number of hydrogen-bond acceptors (Lipinski definition) is 3. The van der Waals surface area contributed by atoms with Gasteiger partial charge in [-0.25, -0.2) is 4.98 Å². The minimum atomic E-state index is -0.498. The summed E-state index contributed by atoms with van der Waals surface area (Å²) in [6, 6.07) is 5.22. The molecule has 23 heavy (non-hydrogen) atoms. The predicted molar refractivity (Wildman–Crippen MR) is 92.4 cm³/mol. The number of nitrogens with zero attached hydrogens (tertiary/aromatic N) is 1. The molecule has 0 spiro atoms. The molecule has 0 radical (unpaired) electrons. The molecule has 0 fully saturated rings. The fourth-order valence-electron chi connectivity index (χ4n) is 2.14. The zero-order valence-electron chi connectivity index (χ0n) is 13.9. The maximum absolute atomic E-state index is 12.5. The molecule has 6 heteroatoms. The molecule has 2 rings (SSSR count). The maximum atomic E-state index is 12.5. The lowest BCUT2D eigenvalue weighted by Gasteiger charge is -2.18. The highest BCUT2D eigenvalue weighted by Crippen LogP contribution is 2.23. The number of anilines is 1. The normalized spacial score (nSPS) is 11.4. The van der Waals surface area contributed by atoms with Gasteiger partial charge in [0.1, 0.15) is 11.4 Å². The van der Waals surface area contributed by atoms with Crippen molar-refractivity contribution in [2.45, 2.75) is 40.0 Å². The van der Waals surface area contributed by atoms with Crippen LogP contribution >= 0.6 is 11.6 Å². The quantitative estimate of drug-likeness (QED) is 0.881. The molecule has 0 bridgehead atoms. The summed E-state index contributed by atoms with van der Waals surface area (Å²) in [7, 11) is 0. The van der Waals surface area contributed by atoms with Gasteiger partial charge in [0.2, 0.25) is 0 Å². The van der Waals surface area contributed by atoms with Gasteiger partial charge in [-0.1, -0.05) is 38.4 Å². The van der Waals surface area contributed by atoms with Gasteiger partial charge in [-0.05, 0) is 31.5 Å². The molecule has 1 heterocycles. The lowest BCUT2D eigenvalue weighted by molar-refractivity contribution is 0.102. The average molecular weight is 334 g/mol. The zero-order valence-corrected chi connectivity index (χ0v) is 14.6. The van der Waals surface area contributed by atoms with Gasteiger partial charge in [-0.3, -0.25) is 9.59 Å². The van der Waals surface area contributed by atoms with Crippen LogP contribution in [-0.4, -0.2) is 15.9 Å². The largest absolute Gasteiger partial charge is 0.321 e. The Labute approximate surface area is 140 Å². The summed E-state index contributed by atoms with van der Waals surface area (Å²) in [4.78, 5) is 31.8. The Bertz CT molecular complexity index is 820. The molecule has 1 aromatic heterocycles. The summed E-state index contributed by atoms with van der Waals surface area (Å²) in [5, 5.41) is 3.27. The number of H-pyrrole nitrogens is 1. The van der Waals surface area contributed by atoms with Crippen LogP contribution in [0.5, 0.6) is 0 Å². The molecule has 1 aromatic carbocycles. The lowest BCUT2D eigenvalue weighted by atomic mass is 9.95. The molecule has 0 unspecified atom stereocenters. The fourth-order valence-corrected chi connectivity index (χ4v) is 2.31. The Kier molecular flexibility index (Phi) is 4.61. The standard InChI is InChI=1S/C17H20ClN3O2/c1-9-11(18)7-6-8-12(9)20-14(22)13-10(2)19-16(17(3,4)5)21-15(13)23/h6-8H,1-5H3,(H,20,22)(H,19,21,23). The predicted octanol–water partition coefficient (Wildman–Crippen LogP) is 3.59. The van der Waals surface area contributed by atoms with E-state index in [4.69, 9.17) is 11.6 Å². The third kappa shape index (κ3) is 3.62. The van der Waals surface area contributed by atoms with E-state index in [0.717, 1.165) is 5.56 Å². The van der Waals surface area contributed by atoms with E-state index in [0.29, 0.717) is 22.2 Å². The van der Waals surface area contributed by atoms with Gasteiger partial charge in [0.25, 0.3) is 11.5 Å². The second kappa shape index (κ2) is 6.16. The summed E-state index contributed by atoms with van der Waals surface area (Å²) < 4.78 is 0. The molecule has 0 atom stereocenters. The number of halogens is 1. The van der Waals surface area contributed by atoms with E-state index in [1.54, 1.807) is 32.0 Å². The van der Waals surface area contributed by atoms with Crippen LogP contribution in [0.25, 0.3) is 0 Å². The molecular formula is C17H20ClN3O2. The van der Waals surface area contributed by atoms with Crippen LogP contribution in [-0.2, 0) is 5.41 Å². The van der Waals surface area contributed by atoms with Crippen molar-refractivity contribution in [1.82, 2.24) is 9.97 Å². The Morgan fingerprint density at radius 1 is 1.26 bits per heavy atom. The van der Waals surface area contributed by atoms with Gasteiger partial charge in [0, 0.05) is 16.1 Å². The summed E-state index contributed by atoms with van der Waals surface area (Å²) >= 11 is 6.05. The van der Waals surface area contributed by atoms with Crippen LogP contribution in [0.2, 0.25) is 5.02 Å². The molecule has 5 nitrogen and oxygen atoms in total. The van der Waals surface area contributed by atoms with Crippen molar-refractivity contribution in [3.63, 3.8) is 0 Å². The Morgan fingerprint density at radius 3 is 2.48 bits per heavy atom. The molecule has 122 valence electrons. The number of aromatic amines is 1. The highest BCUT2D eigenvalue weighted by molar-refractivity contribution is 6.31. The van der Waals surface area contributed by atoms with E-state index in [9.17, 15) is 9.59 Å². The number of benzene rings is 1. The van der Waals surface area contributed by atoms with Crippen LogP contribution in [0.1, 0.15) is 48.2 Å². The zero-order chi connectivity index (χ0) is 17.4. The monoisotopic (exact) mass is 333 g/mol. The van der Waals surface area contributed by atoms with Crippen molar-refractivity contribution in [1.29, 1.82) is 0 Å². The molecular weight excluding hydrogens is 314 g/mol. The van der Waals surface area contributed by atoms with Crippen LogP contribution in [0.15, 0.2) is 23.0 Å². The summed E-state index contributed by atoms with van der Waals surface area (Å²) in [6.45, 7) is 9.29. The van der Waals surface area contributed by atoms with Crippen molar-refractivity contribution in [3.05, 3.63) is 56.2 Å². The number of nitrogens with one attached hydrogen (secondary N) is 2. The summed E-state index contributed by atoms with van der Waals surface area (Å²) in [5.41, 5.74) is 0.979. The van der Waals surface area contributed by atoms with Gasteiger partial charge in [0.05, 0.1) is 5.69 Å². The van der Waals surface area contributed by atoms with Gasteiger partial charge in [-0.15, -0.1) is 0 Å². The highest BCUT2D eigenvalue weighted by atomic mass is 35.5. The molecule has 0 saturated carbocycles. The number of hydrogen-bond donors (Lipinski definition) is 2. The number of carbonyl (C=O) groups excluding carboxylic acids is 1. The SMILES string of the molecule is Cc1nc(C(C)(C)C)[nH]c(=O)c1C(=O)Nc1cccc(Cl)c1C. The maximum Gasteiger partial charge on any atom is 0.264 e. The average Bonchev–Trinajstić information content (AvgIpc) is 2.42. The first-order valence-electron chi connectivity index (χ1n) is 7.29. The van der Waals surface area contributed by atoms with E-state index in [1.165, 1.54) is 0 Å². The summed E-state index contributed by atoms with van der Waals surface area (Å²) in [5.74, 6) is 0.0533. The first-order chi connectivity index (χ1) is 10.6. The lowest BCUT2D eigenvalue weighted by Crippen LogP contribution is -2.30. The Morgan fingerprint density at radius 2 is 1.91 bits per heavy atom. The van der Waals surface area contributed by atoms with Gasteiger partial charge < -0.3 is 10.3 Å². The highest BCUT2D eigenvalue weighted by Gasteiger charge is 2.22. The Balaban J connectivity index is 2.41. The first kappa shape index (κ1) is 17.2. The number of rotatable bonds is 2. The molecule has 0 saturated heterocycles. The van der Waals surface area contributed by atoms with E-state index in [1.807, 2.05) is 20.8 Å². The fraction of sp³-hybridized carbons (Fsp3) is 0.353. The van der Waals surface area contributed by atoms with E-state index >= 15 is 0 Å². The first-order valence-corrected chi connectivity index (χ1v) is 7.67. The van der Waals surface area contributed by atoms with Crippen molar-refractivity contribution >= 4 is 23.2 Å². The Hall–Kier alpha value is -2.14. The minimum absolute atomic E-state index is 0.0115. The molecule has 0 aliphatic heterocycles. The van der Waals surface area contributed by atoms with Gasteiger partial charge >= 0.3 is 0 Å². The van der Waals surface area contributed by atoms with Gasteiger partial charge in [-0.2, -0.15) is 0 Å². The van der Waals surface area contributed by atoms with Crippen molar-refractivity contribution in [3.8, 4) is 0 Å². The van der Waals surface area contributed by atoms with Gasteiger partial charge in [0.15, 0.2) is 0 Å². The second-order valence-electron chi connectivity index (χ2n) is 6.49. The van der Waals surface area contributed by atoms with E-state index in [-0.39, 0.29) is 11.0 Å². The second-order valence-corrected chi connectivity index (χ2v) is 6.90. The number of aryl methyl sites for hydroxylation is 1. The molecule has 0 aliphatic rings. The number of aromatic nitrogens is 2. The van der Waals surface area contributed by atoms with Crippen LogP contribution in [0.3, 0.4) is 0 Å². The third-order valence-electron chi connectivity index (χ3n) is 3.55. The molecule has 2 N–H and O–H groups in total. The van der Waals surface area contributed by atoms with E-state index < -0.39 is 11.5 Å². The van der Waals surface area contributed by atoms with Crippen LogP contribution < -0.4 is 10.9 Å². The van der Waals surface area contributed by atoms with Crippen LogP contribution in [0.4, 0.5) is 5.69 Å². The third-order valence-corrected chi connectivity index (χ3v) is 3.96. The van der Waals surface area contributed by atoms with Crippen molar-refractivity contribution in [2.75, 3.05) is 5.32 Å². The molecule has 1 amide bonds.